The summed E-state index contributed by atoms with van der Waals surface area (Å²) in [6.07, 6.45) is 0.374. The SMILES string of the molecule is CCN(C[C@H](C(=O)NO)[C@@H](CC(C)C)C(=O)N1CCOCC1)S(=O)(=O)c1cccc2c(C)cccc12. The molecule has 2 atom stereocenters. The van der Waals surface area contributed by atoms with E-state index in [0.29, 0.717) is 38.1 Å². The van der Waals surface area contributed by atoms with Crippen LogP contribution in [0.4, 0.5) is 0 Å². The first-order chi connectivity index (χ1) is 17.1. The summed E-state index contributed by atoms with van der Waals surface area (Å²) in [7, 11) is -4.02. The summed E-state index contributed by atoms with van der Waals surface area (Å²) < 4.78 is 34.3. The van der Waals surface area contributed by atoms with E-state index in [4.69, 9.17) is 4.74 Å². The lowest BCUT2D eigenvalue weighted by atomic mass is 9.83. The van der Waals surface area contributed by atoms with Crippen molar-refractivity contribution in [2.24, 2.45) is 17.8 Å². The quantitative estimate of drug-likeness (QED) is 0.368. The van der Waals surface area contributed by atoms with Gasteiger partial charge in [0.25, 0.3) is 0 Å². The smallest absolute Gasteiger partial charge is 0.248 e. The van der Waals surface area contributed by atoms with Gasteiger partial charge in [-0.05, 0) is 36.3 Å². The van der Waals surface area contributed by atoms with Crippen molar-refractivity contribution in [2.45, 2.75) is 39.0 Å². The van der Waals surface area contributed by atoms with E-state index in [-0.39, 0.29) is 29.8 Å². The van der Waals surface area contributed by atoms with Gasteiger partial charge in [-0.15, -0.1) is 0 Å². The zero-order valence-corrected chi connectivity index (χ0v) is 22.3. The predicted molar refractivity (Wildman–Crippen MR) is 137 cm³/mol. The number of hydrogen-bond donors (Lipinski definition) is 2. The van der Waals surface area contributed by atoms with Crippen LogP contribution in [0.25, 0.3) is 10.8 Å². The first-order valence-electron chi connectivity index (χ1n) is 12.4. The molecule has 198 valence electrons. The average molecular weight is 520 g/mol. The van der Waals surface area contributed by atoms with Crippen LogP contribution in [0.1, 0.15) is 32.8 Å². The normalized spacial score (nSPS) is 16.4. The number of amides is 2. The maximum Gasteiger partial charge on any atom is 0.248 e. The van der Waals surface area contributed by atoms with Crippen LogP contribution in [-0.4, -0.2) is 74.0 Å². The molecule has 1 heterocycles. The summed E-state index contributed by atoms with van der Waals surface area (Å²) in [4.78, 5) is 28.3. The maximum atomic E-state index is 13.9. The summed E-state index contributed by atoms with van der Waals surface area (Å²) in [5.74, 6) is -2.80. The molecule has 0 aliphatic carbocycles. The van der Waals surface area contributed by atoms with Crippen LogP contribution in [0.3, 0.4) is 0 Å². The van der Waals surface area contributed by atoms with Gasteiger partial charge in [0.15, 0.2) is 0 Å². The van der Waals surface area contributed by atoms with Crippen molar-refractivity contribution in [3.05, 3.63) is 42.0 Å². The molecule has 3 rings (SSSR count). The summed E-state index contributed by atoms with van der Waals surface area (Å²) in [6.45, 7) is 9.01. The van der Waals surface area contributed by atoms with Gasteiger partial charge < -0.3 is 9.64 Å². The number of nitrogens with one attached hydrogen (secondary N) is 1. The Labute approximate surface area is 213 Å². The molecule has 0 unspecified atom stereocenters. The van der Waals surface area contributed by atoms with E-state index < -0.39 is 27.8 Å². The molecule has 0 radical (unpaired) electrons. The Morgan fingerprint density at radius 2 is 1.72 bits per heavy atom. The Balaban J connectivity index is 2.01. The number of rotatable bonds is 10. The van der Waals surface area contributed by atoms with Crippen molar-refractivity contribution in [3.63, 3.8) is 0 Å². The molecular formula is C26H37N3O6S. The standard InChI is InChI=1S/C26H37N3O6S/c1-5-29(36(33,34)24-11-7-9-20-19(4)8-6-10-21(20)24)17-23(25(30)27-32)22(16-18(2)3)26(31)28-12-14-35-15-13-28/h6-11,18,22-23,32H,5,12-17H2,1-4H3,(H,27,30)/t22-,23+/m1/s1. The van der Waals surface area contributed by atoms with E-state index in [9.17, 15) is 23.2 Å². The first kappa shape index (κ1) is 28.0. The molecule has 0 aromatic heterocycles. The highest BCUT2D eigenvalue weighted by molar-refractivity contribution is 7.89. The zero-order valence-electron chi connectivity index (χ0n) is 21.4. The minimum Gasteiger partial charge on any atom is -0.378 e. The molecular weight excluding hydrogens is 482 g/mol. The van der Waals surface area contributed by atoms with E-state index >= 15 is 0 Å². The average Bonchev–Trinajstić information content (AvgIpc) is 2.87. The number of carbonyl (C=O) groups excluding carboxylic acids is 2. The Hall–Kier alpha value is -2.53. The van der Waals surface area contributed by atoms with Gasteiger partial charge in [-0.25, -0.2) is 13.9 Å². The predicted octanol–water partition coefficient (Wildman–Crippen LogP) is 2.80. The molecule has 2 N–H and O–H groups in total. The van der Waals surface area contributed by atoms with Crippen molar-refractivity contribution in [3.8, 4) is 0 Å². The Morgan fingerprint density at radius 1 is 1.08 bits per heavy atom. The van der Waals surface area contributed by atoms with Crippen molar-refractivity contribution < 1.29 is 28.0 Å². The number of aryl methyl sites for hydroxylation is 1. The topological polar surface area (TPSA) is 116 Å². The minimum atomic E-state index is -4.02. The first-order valence-corrected chi connectivity index (χ1v) is 13.8. The molecule has 10 heteroatoms. The number of hydrogen-bond acceptors (Lipinski definition) is 6. The number of nitrogens with zero attached hydrogens (tertiary/aromatic N) is 2. The molecule has 0 saturated carbocycles. The van der Waals surface area contributed by atoms with E-state index in [0.717, 1.165) is 10.9 Å². The van der Waals surface area contributed by atoms with Crippen LogP contribution in [0.2, 0.25) is 0 Å². The lowest BCUT2D eigenvalue weighted by molar-refractivity contribution is -0.148. The maximum absolute atomic E-state index is 13.9. The number of morpholine rings is 1. The minimum absolute atomic E-state index is 0.0710. The highest BCUT2D eigenvalue weighted by atomic mass is 32.2. The molecule has 9 nitrogen and oxygen atoms in total. The van der Waals surface area contributed by atoms with Crippen molar-refractivity contribution in [1.82, 2.24) is 14.7 Å². The largest absolute Gasteiger partial charge is 0.378 e. The van der Waals surface area contributed by atoms with Gasteiger partial charge in [0.1, 0.15) is 0 Å². The van der Waals surface area contributed by atoms with Gasteiger partial charge in [-0.1, -0.05) is 51.1 Å². The second-order valence-corrected chi connectivity index (χ2v) is 11.5. The Bertz CT molecular complexity index is 1180. The summed E-state index contributed by atoms with van der Waals surface area (Å²) in [5, 5.41) is 11.0. The van der Waals surface area contributed by atoms with E-state index in [1.807, 2.05) is 39.0 Å². The molecule has 2 aromatic carbocycles. The zero-order chi connectivity index (χ0) is 26.5. The van der Waals surface area contributed by atoms with Gasteiger partial charge in [0.05, 0.1) is 29.9 Å². The number of ether oxygens (including phenoxy) is 1. The second-order valence-electron chi connectivity index (χ2n) is 9.64. The van der Waals surface area contributed by atoms with Crippen LogP contribution in [0, 0.1) is 24.7 Å². The summed E-state index contributed by atoms with van der Waals surface area (Å²) >= 11 is 0. The highest BCUT2D eigenvalue weighted by Crippen LogP contribution is 2.31. The molecule has 2 aromatic rings. The second kappa shape index (κ2) is 12.1. The van der Waals surface area contributed by atoms with Gasteiger partial charge in [-0.3, -0.25) is 14.8 Å². The molecule has 2 amide bonds. The van der Waals surface area contributed by atoms with Crippen LogP contribution in [0.5, 0.6) is 0 Å². The van der Waals surface area contributed by atoms with Crippen LogP contribution in [0.15, 0.2) is 41.3 Å². The number of benzene rings is 2. The number of carbonyl (C=O) groups is 2. The molecule has 1 saturated heterocycles. The van der Waals surface area contributed by atoms with Crippen molar-refractivity contribution >= 4 is 32.6 Å². The highest BCUT2D eigenvalue weighted by Gasteiger charge is 2.40. The fourth-order valence-corrected chi connectivity index (χ4v) is 6.54. The van der Waals surface area contributed by atoms with Gasteiger partial charge in [0.2, 0.25) is 21.8 Å². The van der Waals surface area contributed by atoms with E-state index in [1.54, 1.807) is 35.5 Å². The molecule has 0 spiro atoms. The monoisotopic (exact) mass is 519 g/mol. The lowest BCUT2D eigenvalue weighted by Gasteiger charge is -2.35. The summed E-state index contributed by atoms with van der Waals surface area (Å²) in [5.41, 5.74) is 2.64. The van der Waals surface area contributed by atoms with E-state index in [2.05, 4.69) is 0 Å². The lowest BCUT2D eigenvalue weighted by Crippen LogP contribution is -2.51. The van der Waals surface area contributed by atoms with Crippen LogP contribution < -0.4 is 5.48 Å². The number of fused-ring (bicyclic) bond motifs is 1. The third-order valence-electron chi connectivity index (χ3n) is 6.77. The molecule has 1 aliphatic rings. The third-order valence-corrected chi connectivity index (χ3v) is 8.77. The van der Waals surface area contributed by atoms with Crippen LogP contribution >= 0.6 is 0 Å². The Morgan fingerprint density at radius 3 is 2.33 bits per heavy atom. The molecule has 36 heavy (non-hydrogen) atoms. The number of hydroxylamine groups is 1. The van der Waals surface area contributed by atoms with Crippen molar-refractivity contribution in [1.29, 1.82) is 0 Å². The Kier molecular flexibility index (Phi) is 9.46. The number of sulfonamides is 1. The molecule has 0 bridgehead atoms. The van der Waals surface area contributed by atoms with Gasteiger partial charge in [-0.2, -0.15) is 4.31 Å². The molecule has 1 aliphatic heterocycles. The molecule has 1 fully saturated rings. The van der Waals surface area contributed by atoms with Crippen LogP contribution in [-0.2, 0) is 24.3 Å². The fraction of sp³-hybridized carbons (Fsp3) is 0.538. The van der Waals surface area contributed by atoms with Gasteiger partial charge >= 0.3 is 0 Å². The summed E-state index contributed by atoms with van der Waals surface area (Å²) in [6, 6.07) is 10.6. The third kappa shape index (κ3) is 6.05. The van der Waals surface area contributed by atoms with E-state index in [1.165, 1.54) is 4.31 Å². The fourth-order valence-electron chi connectivity index (χ4n) is 4.86. The van der Waals surface area contributed by atoms with Crippen molar-refractivity contribution in [2.75, 3.05) is 39.4 Å². The van der Waals surface area contributed by atoms with Gasteiger partial charge in [0, 0.05) is 31.6 Å².